The van der Waals surface area contributed by atoms with Crippen molar-refractivity contribution in [3.63, 3.8) is 0 Å². The summed E-state index contributed by atoms with van der Waals surface area (Å²) in [4.78, 5) is 24.9. The fraction of sp³-hybridized carbons (Fsp3) is 0.300. The maximum Gasteiger partial charge on any atom is 0.261 e. The summed E-state index contributed by atoms with van der Waals surface area (Å²) in [7, 11) is 0. The van der Waals surface area contributed by atoms with Gasteiger partial charge in [0.2, 0.25) is 0 Å². The molecule has 0 bridgehead atoms. The standard InChI is InChI=1S/C20H19NO3/c22-18(15-10-9-13-5-1-2-6-14(13)11-15)12-20(24)16-7-3-4-8-17(16)21-19(20)23/h3-4,7-11,24H,1-2,5-6,12H2,(H,21,23)/t20-/m0/s1. The van der Waals surface area contributed by atoms with Crippen molar-refractivity contribution in [1.82, 2.24) is 0 Å². The van der Waals surface area contributed by atoms with Gasteiger partial charge in [0.1, 0.15) is 0 Å². The fourth-order valence-corrected chi connectivity index (χ4v) is 3.72. The van der Waals surface area contributed by atoms with Crippen LogP contribution in [0, 0.1) is 0 Å². The molecule has 0 radical (unpaired) electrons. The molecule has 0 unspecified atom stereocenters. The van der Waals surface area contributed by atoms with Gasteiger partial charge in [0.25, 0.3) is 5.91 Å². The summed E-state index contributed by atoms with van der Waals surface area (Å²) in [6.45, 7) is 0. The Hall–Kier alpha value is -2.46. The Kier molecular flexibility index (Phi) is 3.50. The minimum Gasteiger partial charge on any atom is -0.375 e. The lowest BCUT2D eigenvalue weighted by Crippen LogP contribution is -2.36. The SMILES string of the molecule is O=C(C[C@@]1(O)C(=O)Nc2ccccc21)c1ccc2c(c1)CCCC2. The second kappa shape index (κ2) is 5.56. The molecule has 0 spiro atoms. The largest absolute Gasteiger partial charge is 0.375 e. The fourth-order valence-electron chi connectivity index (χ4n) is 3.72. The minimum atomic E-state index is -1.79. The average molecular weight is 321 g/mol. The third-order valence-corrected chi connectivity index (χ3v) is 5.08. The number of carbonyl (C=O) groups is 2. The van der Waals surface area contributed by atoms with Gasteiger partial charge in [0, 0.05) is 16.8 Å². The predicted octanol–water partition coefficient (Wildman–Crippen LogP) is 2.98. The van der Waals surface area contributed by atoms with Crippen molar-refractivity contribution in [2.45, 2.75) is 37.7 Å². The summed E-state index contributed by atoms with van der Waals surface area (Å²) in [5.74, 6) is -0.743. The number of fused-ring (bicyclic) bond motifs is 2. The lowest BCUT2D eigenvalue weighted by molar-refractivity contribution is -0.133. The van der Waals surface area contributed by atoms with E-state index in [-0.39, 0.29) is 12.2 Å². The zero-order chi connectivity index (χ0) is 16.7. The van der Waals surface area contributed by atoms with Gasteiger partial charge in [0.05, 0.1) is 6.42 Å². The van der Waals surface area contributed by atoms with Crippen molar-refractivity contribution >= 4 is 17.4 Å². The molecule has 1 heterocycles. The van der Waals surface area contributed by atoms with Crippen LogP contribution in [0.5, 0.6) is 0 Å². The first-order chi connectivity index (χ1) is 11.6. The molecule has 2 N–H and O–H groups in total. The summed E-state index contributed by atoms with van der Waals surface area (Å²) in [5, 5.41) is 13.5. The summed E-state index contributed by atoms with van der Waals surface area (Å²) < 4.78 is 0. The van der Waals surface area contributed by atoms with E-state index in [1.807, 2.05) is 18.2 Å². The maximum atomic E-state index is 12.7. The number of benzene rings is 2. The molecule has 1 amide bonds. The van der Waals surface area contributed by atoms with Crippen molar-refractivity contribution in [2.75, 3.05) is 5.32 Å². The number of ketones is 1. The number of aliphatic hydroxyl groups is 1. The van der Waals surface area contributed by atoms with Crippen LogP contribution in [0.1, 0.15) is 46.3 Å². The Labute approximate surface area is 140 Å². The summed E-state index contributed by atoms with van der Waals surface area (Å²) in [6.07, 6.45) is 4.14. The van der Waals surface area contributed by atoms with Gasteiger partial charge in [-0.1, -0.05) is 30.3 Å². The summed E-state index contributed by atoms with van der Waals surface area (Å²) in [5.41, 5.74) is 2.35. The van der Waals surface area contributed by atoms with Crippen molar-refractivity contribution in [2.24, 2.45) is 0 Å². The molecule has 2 aromatic carbocycles. The van der Waals surface area contributed by atoms with Gasteiger partial charge in [-0.2, -0.15) is 0 Å². The maximum absolute atomic E-state index is 12.7. The average Bonchev–Trinajstić information content (AvgIpc) is 2.85. The number of Topliss-reactive ketones (excluding diaryl/α,β-unsaturated/α-hetero) is 1. The number of amides is 1. The molecule has 2 aromatic rings. The molecular weight excluding hydrogens is 302 g/mol. The molecule has 1 aliphatic heterocycles. The second-order valence-corrected chi connectivity index (χ2v) is 6.65. The molecule has 4 nitrogen and oxygen atoms in total. The number of para-hydroxylation sites is 1. The van der Waals surface area contributed by atoms with Gasteiger partial charge >= 0.3 is 0 Å². The monoisotopic (exact) mass is 321 g/mol. The van der Waals surface area contributed by atoms with E-state index in [2.05, 4.69) is 5.32 Å². The predicted molar refractivity (Wildman–Crippen MR) is 91.0 cm³/mol. The molecule has 4 rings (SSSR count). The van der Waals surface area contributed by atoms with E-state index in [1.165, 1.54) is 17.5 Å². The van der Waals surface area contributed by atoms with Crippen LogP contribution in [0.25, 0.3) is 0 Å². The quantitative estimate of drug-likeness (QED) is 0.854. The molecule has 0 fully saturated rings. The van der Waals surface area contributed by atoms with Crippen LogP contribution >= 0.6 is 0 Å². The van der Waals surface area contributed by atoms with Gasteiger partial charge in [-0.25, -0.2) is 0 Å². The van der Waals surface area contributed by atoms with Gasteiger partial charge in [-0.3, -0.25) is 9.59 Å². The number of aryl methyl sites for hydroxylation is 2. The highest BCUT2D eigenvalue weighted by atomic mass is 16.3. The Morgan fingerprint density at radius 2 is 1.83 bits per heavy atom. The number of hydrogen-bond acceptors (Lipinski definition) is 3. The lowest BCUT2D eigenvalue weighted by Gasteiger charge is -2.21. The van der Waals surface area contributed by atoms with Crippen LogP contribution in [-0.4, -0.2) is 16.8 Å². The molecule has 0 saturated heterocycles. The van der Waals surface area contributed by atoms with E-state index in [1.54, 1.807) is 24.3 Å². The summed E-state index contributed by atoms with van der Waals surface area (Å²) >= 11 is 0. The zero-order valence-electron chi connectivity index (χ0n) is 13.3. The Balaban J connectivity index is 1.63. The Bertz CT molecular complexity index is 843. The van der Waals surface area contributed by atoms with Crippen molar-refractivity contribution in [1.29, 1.82) is 0 Å². The molecule has 0 saturated carbocycles. The van der Waals surface area contributed by atoms with Crippen LogP contribution in [0.3, 0.4) is 0 Å². The number of hydrogen-bond donors (Lipinski definition) is 2. The van der Waals surface area contributed by atoms with E-state index in [4.69, 9.17) is 0 Å². The van der Waals surface area contributed by atoms with E-state index in [0.717, 1.165) is 19.3 Å². The Morgan fingerprint density at radius 3 is 2.67 bits per heavy atom. The van der Waals surface area contributed by atoms with E-state index < -0.39 is 11.5 Å². The number of rotatable bonds is 3. The van der Waals surface area contributed by atoms with Gasteiger partial charge in [0.15, 0.2) is 11.4 Å². The van der Waals surface area contributed by atoms with E-state index >= 15 is 0 Å². The zero-order valence-corrected chi connectivity index (χ0v) is 13.3. The van der Waals surface area contributed by atoms with E-state index in [9.17, 15) is 14.7 Å². The first-order valence-corrected chi connectivity index (χ1v) is 8.36. The van der Waals surface area contributed by atoms with Gasteiger partial charge < -0.3 is 10.4 Å². The van der Waals surface area contributed by atoms with Crippen molar-refractivity contribution in [3.05, 3.63) is 64.7 Å². The van der Waals surface area contributed by atoms with Gasteiger partial charge in [-0.05, 0) is 48.9 Å². The molecule has 4 heteroatoms. The lowest BCUT2D eigenvalue weighted by atomic mass is 9.85. The van der Waals surface area contributed by atoms with Crippen molar-refractivity contribution < 1.29 is 14.7 Å². The normalized spacial score (nSPS) is 21.8. The van der Waals surface area contributed by atoms with Crippen LogP contribution < -0.4 is 5.32 Å². The smallest absolute Gasteiger partial charge is 0.261 e. The first-order valence-electron chi connectivity index (χ1n) is 8.36. The third kappa shape index (κ3) is 2.34. The minimum absolute atomic E-state index is 0.210. The van der Waals surface area contributed by atoms with Crippen molar-refractivity contribution in [3.8, 4) is 0 Å². The highest BCUT2D eigenvalue weighted by Gasteiger charge is 2.46. The Morgan fingerprint density at radius 1 is 1.08 bits per heavy atom. The molecule has 122 valence electrons. The van der Waals surface area contributed by atoms with Crippen LogP contribution in [-0.2, 0) is 23.2 Å². The van der Waals surface area contributed by atoms with Crippen LogP contribution in [0.2, 0.25) is 0 Å². The second-order valence-electron chi connectivity index (χ2n) is 6.65. The number of anilines is 1. The molecule has 0 aromatic heterocycles. The van der Waals surface area contributed by atoms with Crippen LogP contribution in [0.15, 0.2) is 42.5 Å². The molecular formula is C20H19NO3. The van der Waals surface area contributed by atoms with Crippen LogP contribution in [0.4, 0.5) is 5.69 Å². The molecule has 2 aliphatic rings. The highest BCUT2D eigenvalue weighted by Crippen LogP contribution is 2.39. The number of nitrogens with one attached hydrogen (secondary N) is 1. The summed E-state index contributed by atoms with van der Waals surface area (Å²) in [6, 6.07) is 12.7. The third-order valence-electron chi connectivity index (χ3n) is 5.08. The molecule has 1 atom stereocenters. The first kappa shape index (κ1) is 15.1. The van der Waals surface area contributed by atoms with E-state index in [0.29, 0.717) is 16.8 Å². The molecule has 24 heavy (non-hydrogen) atoms. The topological polar surface area (TPSA) is 66.4 Å². The van der Waals surface area contributed by atoms with Gasteiger partial charge in [-0.15, -0.1) is 0 Å². The highest BCUT2D eigenvalue weighted by molar-refractivity contribution is 6.09. The number of carbonyl (C=O) groups excluding carboxylic acids is 2. The molecule has 1 aliphatic carbocycles.